The van der Waals surface area contributed by atoms with E-state index in [1.54, 1.807) is 30.5 Å². The van der Waals surface area contributed by atoms with Crippen LogP contribution in [0.1, 0.15) is 22.2 Å². The SMILES string of the molecule is CN=C(NCc1cccc(S(N)(=O)=O)c1)NC(C)Cc1ccc(C)s1. The Bertz CT molecular complexity index is 844. The molecule has 1 aromatic carbocycles. The molecule has 4 N–H and O–H groups in total. The van der Waals surface area contributed by atoms with E-state index in [9.17, 15) is 8.42 Å². The van der Waals surface area contributed by atoms with Crippen LogP contribution in [-0.4, -0.2) is 27.5 Å². The molecule has 1 atom stereocenters. The molecule has 0 saturated carbocycles. The normalized spacial score (nSPS) is 13.5. The van der Waals surface area contributed by atoms with Crippen molar-refractivity contribution in [3.8, 4) is 0 Å². The minimum absolute atomic E-state index is 0.108. The van der Waals surface area contributed by atoms with Gasteiger partial charge in [0.15, 0.2) is 5.96 Å². The lowest BCUT2D eigenvalue weighted by Crippen LogP contribution is -2.42. The zero-order chi connectivity index (χ0) is 18.4. The van der Waals surface area contributed by atoms with Crippen LogP contribution in [0.2, 0.25) is 0 Å². The third-order valence-corrected chi connectivity index (χ3v) is 5.53. The van der Waals surface area contributed by atoms with Crippen LogP contribution in [-0.2, 0) is 23.0 Å². The molecule has 1 aromatic heterocycles. The third kappa shape index (κ3) is 6.15. The Labute approximate surface area is 153 Å². The van der Waals surface area contributed by atoms with Gasteiger partial charge in [-0.2, -0.15) is 0 Å². The van der Waals surface area contributed by atoms with E-state index >= 15 is 0 Å². The van der Waals surface area contributed by atoms with Gasteiger partial charge in [0.2, 0.25) is 10.0 Å². The molecule has 8 heteroatoms. The van der Waals surface area contributed by atoms with E-state index in [4.69, 9.17) is 5.14 Å². The first-order chi connectivity index (χ1) is 11.8. The highest BCUT2D eigenvalue weighted by molar-refractivity contribution is 7.89. The van der Waals surface area contributed by atoms with Crippen molar-refractivity contribution in [2.75, 3.05) is 7.05 Å². The molecule has 2 aromatic rings. The molecule has 136 valence electrons. The summed E-state index contributed by atoms with van der Waals surface area (Å²) in [7, 11) is -1.99. The fourth-order valence-corrected chi connectivity index (χ4v) is 4.00. The zero-order valence-electron chi connectivity index (χ0n) is 14.6. The molecule has 0 saturated heterocycles. The Morgan fingerprint density at radius 1 is 1.32 bits per heavy atom. The number of aliphatic imine (C=N–C) groups is 1. The molecule has 0 bridgehead atoms. The fourth-order valence-electron chi connectivity index (χ4n) is 2.39. The Morgan fingerprint density at radius 3 is 2.68 bits per heavy atom. The Balaban J connectivity index is 1.92. The summed E-state index contributed by atoms with van der Waals surface area (Å²) in [5.41, 5.74) is 0.816. The van der Waals surface area contributed by atoms with Crippen LogP contribution >= 0.6 is 11.3 Å². The van der Waals surface area contributed by atoms with Crippen LogP contribution in [0.25, 0.3) is 0 Å². The maximum absolute atomic E-state index is 11.4. The zero-order valence-corrected chi connectivity index (χ0v) is 16.2. The summed E-state index contributed by atoms with van der Waals surface area (Å²) < 4.78 is 22.8. The van der Waals surface area contributed by atoms with Crippen LogP contribution in [0.5, 0.6) is 0 Å². The number of primary sulfonamides is 1. The van der Waals surface area contributed by atoms with E-state index in [1.807, 2.05) is 6.07 Å². The second-order valence-electron chi connectivity index (χ2n) is 5.88. The van der Waals surface area contributed by atoms with Gasteiger partial charge in [-0.1, -0.05) is 12.1 Å². The van der Waals surface area contributed by atoms with Crippen molar-refractivity contribution in [2.45, 2.75) is 37.8 Å². The first-order valence-electron chi connectivity index (χ1n) is 7.92. The van der Waals surface area contributed by atoms with E-state index < -0.39 is 10.0 Å². The highest BCUT2D eigenvalue weighted by Gasteiger charge is 2.10. The summed E-state index contributed by atoms with van der Waals surface area (Å²) in [6, 6.07) is 11.1. The maximum atomic E-state index is 11.4. The second-order valence-corrected chi connectivity index (χ2v) is 8.81. The summed E-state index contributed by atoms with van der Waals surface area (Å²) in [5, 5.41) is 11.7. The summed E-state index contributed by atoms with van der Waals surface area (Å²) in [6.07, 6.45) is 0.917. The first-order valence-corrected chi connectivity index (χ1v) is 10.3. The van der Waals surface area contributed by atoms with E-state index in [0.717, 1.165) is 12.0 Å². The number of nitrogens with one attached hydrogen (secondary N) is 2. The van der Waals surface area contributed by atoms with Crippen molar-refractivity contribution in [1.82, 2.24) is 10.6 Å². The highest BCUT2D eigenvalue weighted by Crippen LogP contribution is 2.16. The smallest absolute Gasteiger partial charge is 0.238 e. The largest absolute Gasteiger partial charge is 0.354 e. The number of nitrogens with zero attached hydrogens (tertiary/aromatic N) is 1. The molecule has 1 heterocycles. The van der Waals surface area contributed by atoms with E-state index in [0.29, 0.717) is 12.5 Å². The maximum Gasteiger partial charge on any atom is 0.238 e. The molecule has 0 fully saturated rings. The predicted octanol–water partition coefficient (Wildman–Crippen LogP) is 2.00. The lowest BCUT2D eigenvalue weighted by Gasteiger charge is -2.17. The number of hydrogen-bond donors (Lipinski definition) is 3. The number of sulfonamides is 1. The molecule has 25 heavy (non-hydrogen) atoms. The molecule has 0 aliphatic carbocycles. The topological polar surface area (TPSA) is 96.6 Å². The molecular weight excluding hydrogens is 356 g/mol. The van der Waals surface area contributed by atoms with Crippen LogP contribution in [0.3, 0.4) is 0 Å². The van der Waals surface area contributed by atoms with Gasteiger partial charge >= 0.3 is 0 Å². The monoisotopic (exact) mass is 380 g/mol. The van der Waals surface area contributed by atoms with Gasteiger partial charge in [-0.05, 0) is 43.7 Å². The standard InChI is InChI=1S/C17H24N4O2S2/c1-12(9-15-8-7-13(2)24-15)21-17(19-3)20-11-14-5-4-6-16(10-14)25(18,22)23/h4-8,10,12H,9,11H2,1-3H3,(H2,18,22,23)(H2,19,20,21). The van der Waals surface area contributed by atoms with Gasteiger partial charge in [-0.25, -0.2) is 13.6 Å². The van der Waals surface area contributed by atoms with E-state index in [1.165, 1.54) is 15.8 Å². The molecular formula is C17H24N4O2S2. The molecule has 1 unspecified atom stereocenters. The van der Waals surface area contributed by atoms with Gasteiger partial charge in [-0.15, -0.1) is 11.3 Å². The van der Waals surface area contributed by atoms with Crippen LogP contribution in [0, 0.1) is 6.92 Å². The van der Waals surface area contributed by atoms with Gasteiger partial charge in [0.25, 0.3) is 0 Å². The van der Waals surface area contributed by atoms with Crippen LogP contribution in [0.15, 0.2) is 46.3 Å². The molecule has 2 rings (SSSR count). The second kappa shape index (κ2) is 8.46. The minimum Gasteiger partial charge on any atom is -0.354 e. The summed E-state index contributed by atoms with van der Waals surface area (Å²) >= 11 is 1.80. The number of thiophene rings is 1. The fraction of sp³-hybridized carbons (Fsp3) is 0.353. The quantitative estimate of drug-likeness (QED) is 0.527. The van der Waals surface area contributed by atoms with Crippen molar-refractivity contribution >= 4 is 27.3 Å². The molecule has 0 aliphatic rings. The van der Waals surface area contributed by atoms with E-state index in [2.05, 4.69) is 41.6 Å². The number of benzene rings is 1. The third-order valence-electron chi connectivity index (χ3n) is 3.60. The number of aryl methyl sites for hydroxylation is 1. The number of rotatable bonds is 6. The lowest BCUT2D eigenvalue weighted by atomic mass is 10.2. The average molecular weight is 381 g/mol. The number of nitrogens with two attached hydrogens (primary N) is 1. The van der Waals surface area contributed by atoms with Crippen molar-refractivity contribution in [3.05, 3.63) is 51.7 Å². The first kappa shape index (κ1) is 19.4. The Hall–Kier alpha value is -1.90. The minimum atomic E-state index is -3.69. The average Bonchev–Trinajstić information content (AvgIpc) is 2.95. The van der Waals surface area contributed by atoms with Gasteiger partial charge in [0.05, 0.1) is 4.90 Å². The summed E-state index contributed by atoms with van der Waals surface area (Å²) in [4.78, 5) is 6.96. The van der Waals surface area contributed by atoms with Crippen molar-refractivity contribution in [2.24, 2.45) is 10.1 Å². The molecule has 0 radical (unpaired) electrons. The highest BCUT2D eigenvalue weighted by atomic mass is 32.2. The van der Waals surface area contributed by atoms with Gasteiger partial charge in [-0.3, -0.25) is 4.99 Å². The van der Waals surface area contributed by atoms with Crippen molar-refractivity contribution in [1.29, 1.82) is 0 Å². The van der Waals surface area contributed by atoms with Crippen molar-refractivity contribution in [3.63, 3.8) is 0 Å². The summed E-state index contributed by atoms with van der Waals surface area (Å²) in [6.45, 7) is 4.65. The molecule has 0 spiro atoms. The lowest BCUT2D eigenvalue weighted by molar-refractivity contribution is 0.597. The van der Waals surface area contributed by atoms with Crippen LogP contribution < -0.4 is 15.8 Å². The van der Waals surface area contributed by atoms with Gasteiger partial charge in [0, 0.05) is 35.8 Å². The van der Waals surface area contributed by atoms with E-state index in [-0.39, 0.29) is 10.9 Å². The van der Waals surface area contributed by atoms with Gasteiger partial charge < -0.3 is 10.6 Å². The Kier molecular flexibility index (Phi) is 6.57. The van der Waals surface area contributed by atoms with Crippen LogP contribution in [0.4, 0.5) is 0 Å². The number of hydrogen-bond acceptors (Lipinski definition) is 4. The van der Waals surface area contributed by atoms with Gasteiger partial charge in [0.1, 0.15) is 0 Å². The molecule has 0 amide bonds. The molecule has 6 nitrogen and oxygen atoms in total. The predicted molar refractivity (Wildman–Crippen MR) is 103 cm³/mol. The Morgan fingerprint density at radius 2 is 2.08 bits per heavy atom. The number of guanidine groups is 1. The molecule has 0 aliphatic heterocycles. The summed E-state index contributed by atoms with van der Waals surface area (Å²) in [5.74, 6) is 0.668. The van der Waals surface area contributed by atoms with Crippen molar-refractivity contribution < 1.29 is 8.42 Å².